The maximum absolute atomic E-state index is 13.5. The van der Waals surface area contributed by atoms with Gasteiger partial charge in [0.15, 0.2) is 0 Å². The fourth-order valence-electron chi connectivity index (χ4n) is 2.58. The zero-order chi connectivity index (χ0) is 15.6. The number of aromatic nitrogens is 1. The van der Waals surface area contributed by atoms with E-state index in [0.29, 0.717) is 13.1 Å². The topological polar surface area (TPSA) is 68.6 Å². The van der Waals surface area contributed by atoms with Crippen molar-refractivity contribution in [3.05, 3.63) is 23.0 Å². The molecule has 1 aliphatic heterocycles. The van der Waals surface area contributed by atoms with E-state index in [1.54, 1.807) is 0 Å². The van der Waals surface area contributed by atoms with Gasteiger partial charge in [-0.2, -0.15) is 13.2 Å². The lowest BCUT2D eigenvalue weighted by molar-refractivity contribution is -0.188. The first-order chi connectivity index (χ1) is 9.86. The van der Waals surface area contributed by atoms with E-state index in [9.17, 15) is 23.4 Å². The molecule has 2 heterocycles. The van der Waals surface area contributed by atoms with E-state index in [0.717, 1.165) is 0 Å². The number of aliphatic hydroxyl groups excluding tert-OH is 1. The Balaban J connectivity index is 0.00000242. The van der Waals surface area contributed by atoms with Crippen molar-refractivity contribution in [1.29, 1.82) is 0 Å². The molecule has 0 saturated carbocycles. The van der Waals surface area contributed by atoms with Crippen molar-refractivity contribution < 1.29 is 23.4 Å². The van der Waals surface area contributed by atoms with Gasteiger partial charge in [0, 0.05) is 43.5 Å². The first kappa shape index (κ1) is 22.2. The van der Waals surface area contributed by atoms with Gasteiger partial charge in [0.25, 0.3) is 0 Å². The summed E-state index contributed by atoms with van der Waals surface area (Å²) in [5, 5.41) is 22.3. The average molecular weight is 378 g/mol. The highest BCUT2D eigenvalue weighted by atomic mass is 35.5. The molecule has 134 valence electrons. The van der Waals surface area contributed by atoms with Crippen molar-refractivity contribution >= 4 is 24.8 Å². The lowest BCUT2D eigenvalue weighted by Crippen LogP contribution is -2.49. The third kappa shape index (κ3) is 4.84. The summed E-state index contributed by atoms with van der Waals surface area (Å²) in [6.07, 6.45) is -3.36. The summed E-state index contributed by atoms with van der Waals surface area (Å²) in [6, 6.07) is -1.94. The van der Waals surface area contributed by atoms with E-state index in [4.69, 9.17) is 0 Å². The number of aliphatic hydroxyl groups is 1. The summed E-state index contributed by atoms with van der Waals surface area (Å²) >= 11 is 0. The molecule has 0 aliphatic carbocycles. The number of piperazine rings is 1. The molecule has 0 spiro atoms. The molecule has 0 radical (unpaired) electrons. The summed E-state index contributed by atoms with van der Waals surface area (Å²) in [5.74, 6) is -0.498. The van der Waals surface area contributed by atoms with E-state index in [-0.39, 0.29) is 54.7 Å². The molecule has 1 aromatic rings. The lowest BCUT2D eigenvalue weighted by Gasteiger charge is -2.37. The van der Waals surface area contributed by atoms with Crippen LogP contribution in [0.5, 0.6) is 5.75 Å². The number of pyridine rings is 1. The monoisotopic (exact) mass is 377 g/mol. The normalized spacial score (nSPS) is 17.1. The summed E-state index contributed by atoms with van der Waals surface area (Å²) in [5.41, 5.74) is -0.176. The summed E-state index contributed by atoms with van der Waals surface area (Å²) in [7, 11) is 0. The van der Waals surface area contributed by atoms with Crippen LogP contribution in [0.15, 0.2) is 6.20 Å². The van der Waals surface area contributed by atoms with Crippen LogP contribution in [0.2, 0.25) is 0 Å². The Morgan fingerprint density at radius 2 is 1.87 bits per heavy atom. The van der Waals surface area contributed by atoms with Crippen molar-refractivity contribution in [1.82, 2.24) is 15.2 Å². The number of halogens is 5. The fourth-order valence-corrected chi connectivity index (χ4v) is 2.58. The Kier molecular flexibility index (Phi) is 8.58. The van der Waals surface area contributed by atoms with Gasteiger partial charge in [0.2, 0.25) is 0 Å². The van der Waals surface area contributed by atoms with E-state index in [1.165, 1.54) is 18.0 Å². The van der Waals surface area contributed by atoms with Gasteiger partial charge in [-0.25, -0.2) is 0 Å². The molecule has 0 amide bonds. The van der Waals surface area contributed by atoms with Crippen LogP contribution in [0, 0.1) is 6.92 Å². The summed E-state index contributed by atoms with van der Waals surface area (Å²) in [4.78, 5) is 5.08. The predicted octanol–water partition coefficient (Wildman–Crippen LogP) is 1.94. The molecule has 1 aliphatic rings. The summed E-state index contributed by atoms with van der Waals surface area (Å²) < 4.78 is 40.6. The molecule has 1 atom stereocenters. The minimum Gasteiger partial charge on any atom is -0.506 e. The lowest BCUT2D eigenvalue weighted by atomic mass is 9.97. The smallest absolute Gasteiger partial charge is 0.408 e. The van der Waals surface area contributed by atoms with Crippen molar-refractivity contribution in [2.24, 2.45) is 0 Å². The number of rotatable bonds is 3. The highest BCUT2D eigenvalue weighted by Gasteiger charge is 2.47. The Labute approximate surface area is 144 Å². The number of aromatic hydroxyl groups is 1. The molecule has 23 heavy (non-hydrogen) atoms. The van der Waals surface area contributed by atoms with E-state index in [2.05, 4.69) is 10.3 Å². The first-order valence-corrected chi connectivity index (χ1v) is 6.66. The number of hydrogen-bond acceptors (Lipinski definition) is 5. The van der Waals surface area contributed by atoms with Gasteiger partial charge in [0.1, 0.15) is 11.8 Å². The average Bonchev–Trinajstić information content (AvgIpc) is 2.44. The van der Waals surface area contributed by atoms with Gasteiger partial charge in [-0.05, 0) is 6.92 Å². The Hall–Kier alpha value is -0.800. The Morgan fingerprint density at radius 3 is 2.35 bits per heavy atom. The highest BCUT2D eigenvalue weighted by Crippen LogP contribution is 2.43. The molecule has 1 saturated heterocycles. The number of hydrogen-bond donors (Lipinski definition) is 3. The van der Waals surface area contributed by atoms with Crippen LogP contribution in [-0.4, -0.2) is 52.5 Å². The number of aryl methyl sites for hydroxylation is 1. The van der Waals surface area contributed by atoms with Crippen LogP contribution in [0.3, 0.4) is 0 Å². The SMILES string of the molecule is Cc1ncc(CO)c([C@@H](N2CCNCC2)C(F)(F)F)c1O.Cl.Cl. The molecule has 1 fully saturated rings. The second-order valence-electron chi connectivity index (χ2n) is 5.02. The largest absolute Gasteiger partial charge is 0.506 e. The van der Waals surface area contributed by atoms with Gasteiger partial charge in [0.05, 0.1) is 12.3 Å². The minimum absolute atomic E-state index is 0. The molecular weight excluding hydrogens is 358 g/mol. The zero-order valence-corrected chi connectivity index (χ0v) is 14.1. The molecule has 0 unspecified atom stereocenters. The van der Waals surface area contributed by atoms with Crippen molar-refractivity contribution in [2.45, 2.75) is 25.7 Å². The molecule has 0 bridgehead atoms. The van der Waals surface area contributed by atoms with E-state index < -0.39 is 24.6 Å². The molecule has 5 nitrogen and oxygen atoms in total. The van der Waals surface area contributed by atoms with Gasteiger partial charge < -0.3 is 15.5 Å². The van der Waals surface area contributed by atoms with E-state index in [1.807, 2.05) is 0 Å². The second kappa shape index (κ2) is 8.89. The second-order valence-corrected chi connectivity index (χ2v) is 5.02. The van der Waals surface area contributed by atoms with Gasteiger partial charge in [-0.15, -0.1) is 24.8 Å². The van der Waals surface area contributed by atoms with Gasteiger partial charge in [-0.3, -0.25) is 9.88 Å². The van der Waals surface area contributed by atoms with E-state index >= 15 is 0 Å². The van der Waals surface area contributed by atoms with Crippen LogP contribution in [0.25, 0.3) is 0 Å². The fraction of sp³-hybridized carbons (Fsp3) is 0.615. The molecular formula is C13H20Cl2F3N3O2. The standard InChI is InChI=1S/C13H18F3N3O2.2ClH/c1-8-11(21)10(9(7-20)6-18-8)12(13(14,15)16)19-4-2-17-3-5-19;;/h6,12,17,20-21H,2-5,7H2,1H3;2*1H/t12-;;/m1../s1. The number of nitrogens with one attached hydrogen (secondary N) is 1. The van der Waals surface area contributed by atoms with Crippen LogP contribution in [0.1, 0.15) is 22.9 Å². The number of alkyl halides is 3. The Morgan fingerprint density at radius 1 is 1.30 bits per heavy atom. The van der Waals surface area contributed by atoms with Crippen LogP contribution >= 0.6 is 24.8 Å². The predicted molar refractivity (Wildman–Crippen MR) is 84.3 cm³/mol. The van der Waals surface area contributed by atoms with Crippen molar-refractivity contribution in [3.8, 4) is 5.75 Å². The van der Waals surface area contributed by atoms with Crippen LogP contribution < -0.4 is 5.32 Å². The Bertz CT molecular complexity index is 512. The van der Waals surface area contributed by atoms with Crippen LogP contribution in [-0.2, 0) is 6.61 Å². The maximum Gasteiger partial charge on any atom is 0.408 e. The zero-order valence-electron chi connectivity index (χ0n) is 12.4. The van der Waals surface area contributed by atoms with Gasteiger partial charge in [-0.1, -0.05) is 0 Å². The number of nitrogens with zero attached hydrogens (tertiary/aromatic N) is 2. The van der Waals surface area contributed by atoms with Crippen molar-refractivity contribution in [2.75, 3.05) is 26.2 Å². The van der Waals surface area contributed by atoms with Crippen molar-refractivity contribution in [3.63, 3.8) is 0 Å². The van der Waals surface area contributed by atoms with Gasteiger partial charge >= 0.3 is 6.18 Å². The molecule has 3 N–H and O–H groups in total. The molecule has 10 heteroatoms. The minimum atomic E-state index is -4.55. The third-order valence-corrected chi connectivity index (χ3v) is 3.63. The molecule has 1 aromatic heterocycles. The first-order valence-electron chi connectivity index (χ1n) is 6.66. The summed E-state index contributed by atoms with van der Waals surface area (Å²) in [6.45, 7) is 2.17. The molecule has 2 rings (SSSR count). The quantitative estimate of drug-likeness (QED) is 0.750. The molecule has 0 aromatic carbocycles. The maximum atomic E-state index is 13.5. The highest BCUT2D eigenvalue weighted by molar-refractivity contribution is 5.85. The van der Waals surface area contributed by atoms with Crippen LogP contribution in [0.4, 0.5) is 13.2 Å². The third-order valence-electron chi connectivity index (χ3n) is 3.63.